The van der Waals surface area contributed by atoms with E-state index in [4.69, 9.17) is 4.42 Å². The molecule has 2 heterocycles. The molecule has 1 unspecified atom stereocenters. The minimum atomic E-state index is -1.00. The van der Waals surface area contributed by atoms with Gasteiger partial charge in [0.2, 0.25) is 12.3 Å². The zero-order chi connectivity index (χ0) is 26.1. The van der Waals surface area contributed by atoms with Gasteiger partial charge in [-0.3, -0.25) is 9.59 Å². The van der Waals surface area contributed by atoms with Crippen molar-refractivity contribution in [1.29, 1.82) is 0 Å². The molecule has 0 fully saturated rings. The molecule has 5 rings (SSSR count). The molecule has 0 radical (unpaired) electrons. The van der Waals surface area contributed by atoms with E-state index >= 15 is 0 Å². The molecule has 1 aliphatic rings. The quantitative estimate of drug-likeness (QED) is 0.379. The fourth-order valence-electron chi connectivity index (χ4n) is 4.52. The number of amides is 2. The number of aromatic nitrogens is 2. The number of carboxylic acids is 1. The first kappa shape index (κ1) is 23.9. The van der Waals surface area contributed by atoms with Crippen LogP contribution in [0.1, 0.15) is 40.1 Å². The first-order valence-corrected chi connectivity index (χ1v) is 11.8. The standard InChI is InChI=1S/C28H24N4O5/c1-16(2)24(28(35)36)32-14-21-8-7-20(13-23(21)27(32)34)17-9-11-22(12-10-17)30-25(33)18-3-5-19(6-4-18)26-31-29-15-37-26/h3-13,15-16,24H,14H2,1-2H3,(H,30,33)(H,35,36). The van der Waals surface area contributed by atoms with E-state index in [1.807, 2.05) is 24.3 Å². The van der Waals surface area contributed by atoms with Crippen molar-refractivity contribution in [3.8, 4) is 22.6 Å². The van der Waals surface area contributed by atoms with Crippen molar-refractivity contribution in [1.82, 2.24) is 15.1 Å². The topological polar surface area (TPSA) is 126 Å². The van der Waals surface area contributed by atoms with Crippen LogP contribution in [0.4, 0.5) is 5.69 Å². The van der Waals surface area contributed by atoms with E-state index in [9.17, 15) is 19.5 Å². The zero-order valence-electron chi connectivity index (χ0n) is 20.2. The van der Waals surface area contributed by atoms with Crippen molar-refractivity contribution >= 4 is 23.5 Å². The number of rotatable bonds is 7. The summed E-state index contributed by atoms with van der Waals surface area (Å²) >= 11 is 0. The summed E-state index contributed by atoms with van der Waals surface area (Å²) in [6.07, 6.45) is 1.25. The van der Waals surface area contributed by atoms with E-state index in [2.05, 4.69) is 15.5 Å². The first-order chi connectivity index (χ1) is 17.8. The number of carbonyl (C=O) groups is 3. The Labute approximate surface area is 212 Å². The summed E-state index contributed by atoms with van der Waals surface area (Å²) in [5.41, 5.74) is 4.86. The van der Waals surface area contributed by atoms with Crippen molar-refractivity contribution in [2.45, 2.75) is 26.4 Å². The van der Waals surface area contributed by atoms with Gasteiger partial charge in [0.1, 0.15) is 6.04 Å². The molecule has 186 valence electrons. The second kappa shape index (κ2) is 9.69. The summed E-state index contributed by atoms with van der Waals surface area (Å²) in [5.74, 6) is -1.36. The molecule has 4 aromatic rings. The van der Waals surface area contributed by atoms with Crippen LogP contribution in [0.5, 0.6) is 0 Å². The molecule has 0 aliphatic carbocycles. The molecule has 3 aromatic carbocycles. The molecule has 0 spiro atoms. The average molecular weight is 497 g/mol. The second-order valence-corrected chi connectivity index (χ2v) is 9.18. The summed E-state index contributed by atoms with van der Waals surface area (Å²) in [6, 6.07) is 18.9. The Hall–Kier alpha value is -4.79. The Morgan fingerprint density at radius 2 is 1.65 bits per heavy atom. The van der Waals surface area contributed by atoms with Crippen molar-refractivity contribution in [3.05, 3.63) is 89.8 Å². The van der Waals surface area contributed by atoms with Crippen LogP contribution in [0.3, 0.4) is 0 Å². The lowest BCUT2D eigenvalue weighted by Gasteiger charge is -2.27. The highest BCUT2D eigenvalue weighted by Gasteiger charge is 2.38. The van der Waals surface area contributed by atoms with E-state index in [1.165, 1.54) is 11.3 Å². The molecule has 0 saturated carbocycles. The predicted molar refractivity (Wildman–Crippen MR) is 136 cm³/mol. The van der Waals surface area contributed by atoms with Crippen molar-refractivity contribution in [2.75, 3.05) is 5.32 Å². The number of anilines is 1. The molecule has 1 atom stereocenters. The monoisotopic (exact) mass is 496 g/mol. The number of aliphatic carboxylic acids is 1. The smallest absolute Gasteiger partial charge is 0.326 e. The van der Waals surface area contributed by atoms with E-state index < -0.39 is 12.0 Å². The van der Waals surface area contributed by atoms with Crippen LogP contribution in [0.15, 0.2) is 77.5 Å². The van der Waals surface area contributed by atoms with Gasteiger partial charge < -0.3 is 19.7 Å². The van der Waals surface area contributed by atoms with E-state index in [0.29, 0.717) is 22.7 Å². The van der Waals surface area contributed by atoms with Gasteiger partial charge in [-0.15, -0.1) is 10.2 Å². The maximum atomic E-state index is 13.0. The van der Waals surface area contributed by atoms with Gasteiger partial charge in [0.25, 0.3) is 11.8 Å². The summed E-state index contributed by atoms with van der Waals surface area (Å²) < 4.78 is 5.16. The van der Waals surface area contributed by atoms with E-state index in [0.717, 1.165) is 22.3 Å². The molecule has 9 nitrogen and oxygen atoms in total. The van der Waals surface area contributed by atoms with Crippen LogP contribution in [0, 0.1) is 5.92 Å². The summed E-state index contributed by atoms with van der Waals surface area (Å²) in [6.45, 7) is 3.88. The predicted octanol–water partition coefficient (Wildman–Crippen LogP) is 4.72. The molecular weight excluding hydrogens is 472 g/mol. The molecule has 9 heteroatoms. The zero-order valence-corrected chi connectivity index (χ0v) is 20.2. The fourth-order valence-corrected chi connectivity index (χ4v) is 4.52. The van der Waals surface area contributed by atoms with Crippen LogP contribution in [-0.4, -0.2) is 44.0 Å². The first-order valence-electron chi connectivity index (χ1n) is 11.8. The van der Waals surface area contributed by atoms with Crippen molar-refractivity contribution in [3.63, 3.8) is 0 Å². The SMILES string of the molecule is CC(C)C(C(=O)O)N1Cc2ccc(-c3ccc(NC(=O)c4ccc(-c5nnco5)cc4)cc3)cc2C1=O. The normalized spacial score (nSPS) is 13.5. The number of hydrogen-bond acceptors (Lipinski definition) is 6. The third-order valence-corrected chi connectivity index (χ3v) is 6.39. The molecule has 37 heavy (non-hydrogen) atoms. The summed E-state index contributed by atoms with van der Waals surface area (Å²) in [7, 11) is 0. The third-order valence-electron chi connectivity index (χ3n) is 6.39. The number of carbonyl (C=O) groups excluding carboxylic acids is 2. The molecule has 1 aliphatic heterocycles. The van der Waals surface area contributed by atoms with Gasteiger partial charge in [0, 0.05) is 28.9 Å². The average Bonchev–Trinajstić information content (AvgIpc) is 3.53. The molecule has 2 amide bonds. The van der Waals surface area contributed by atoms with Gasteiger partial charge >= 0.3 is 5.97 Å². The van der Waals surface area contributed by atoms with Crippen LogP contribution in [0.25, 0.3) is 22.6 Å². The fraction of sp³-hybridized carbons (Fsp3) is 0.179. The van der Waals surface area contributed by atoms with Gasteiger partial charge in [-0.1, -0.05) is 38.1 Å². The van der Waals surface area contributed by atoms with Crippen molar-refractivity contribution in [2.24, 2.45) is 5.92 Å². The highest BCUT2D eigenvalue weighted by atomic mass is 16.4. The van der Waals surface area contributed by atoms with Crippen LogP contribution < -0.4 is 5.32 Å². The summed E-state index contributed by atoms with van der Waals surface area (Å²) in [4.78, 5) is 38.9. The Balaban J connectivity index is 1.29. The molecular formula is C28H24N4O5. The maximum absolute atomic E-state index is 13.0. The van der Waals surface area contributed by atoms with Gasteiger partial charge in [-0.05, 0) is 65.1 Å². The lowest BCUT2D eigenvalue weighted by Crippen LogP contribution is -2.44. The molecule has 1 aromatic heterocycles. The van der Waals surface area contributed by atoms with Gasteiger partial charge in [-0.25, -0.2) is 4.79 Å². The second-order valence-electron chi connectivity index (χ2n) is 9.18. The number of nitrogens with one attached hydrogen (secondary N) is 1. The van der Waals surface area contributed by atoms with Gasteiger partial charge in [0.15, 0.2) is 0 Å². The highest BCUT2D eigenvalue weighted by Crippen LogP contribution is 2.31. The third kappa shape index (κ3) is 4.71. The largest absolute Gasteiger partial charge is 0.480 e. The summed E-state index contributed by atoms with van der Waals surface area (Å²) in [5, 5.41) is 20.0. The Morgan fingerprint density at radius 1 is 0.973 bits per heavy atom. The Bertz CT molecular complexity index is 1460. The molecule has 2 N–H and O–H groups in total. The van der Waals surface area contributed by atoms with Gasteiger partial charge in [-0.2, -0.15) is 0 Å². The van der Waals surface area contributed by atoms with Crippen LogP contribution in [0.2, 0.25) is 0 Å². The lowest BCUT2D eigenvalue weighted by molar-refractivity contribution is -0.144. The molecule has 0 bridgehead atoms. The number of nitrogens with zero attached hydrogens (tertiary/aromatic N) is 3. The van der Waals surface area contributed by atoms with Gasteiger partial charge in [0.05, 0.1) is 0 Å². The number of carboxylic acid groups (broad SMARTS) is 1. The highest BCUT2D eigenvalue weighted by molar-refractivity contribution is 6.04. The van der Waals surface area contributed by atoms with Crippen molar-refractivity contribution < 1.29 is 23.9 Å². The number of fused-ring (bicyclic) bond motifs is 1. The molecule has 0 saturated heterocycles. The van der Waals surface area contributed by atoms with Crippen LogP contribution in [-0.2, 0) is 11.3 Å². The minimum absolute atomic E-state index is 0.207. The van der Waals surface area contributed by atoms with E-state index in [1.54, 1.807) is 56.3 Å². The minimum Gasteiger partial charge on any atom is -0.480 e. The van der Waals surface area contributed by atoms with Crippen LogP contribution >= 0.6 is 0 Å². The van der Waals surface area contributed by atoms with E-state index in [-0.39, 0.29) is 24.3 Å². The lowest BCUT2D eigenvalue weighted by atomic mass is 10.00. The maximum Gasteiger partial charge on any atom is 0.326 e. The number of hydrogen-bond donors (Lipinski definition) is 2. The number of benzene rings is 3. The Morgan fingerprint density at radius 3 is 2.27 bits per heavy atom. The Kier molecular flexibility index (Phi) is 6.27.